The van der Waals surface area contributed by atoms with Crippen LogP contribution in [0.15, 0.2) is 59.4 Å². The van der Waals surface area contributed by atoms with Crippen LogP contribution in [0.2, 0.25) is 0 Å². The highest BCUT2D eigenvalue weighted by Crippen LogP contribution is 2.32. The summed E-state index contributed by atoms with van der Waals surface area (Å²) >= 11 is 0. The normalized spacial score (nSPS) is 14.2. The van der Waals surface area contributed by atoms with Crippen LogP contribution in [0.1, 0.15) is 11.1 Å². The van der Waals surface area contributed by atoms with E-state index in [0.29, 0.717) is 11.3 Å². The molecule has 7 heteroatoms. The number of fused-ring (bicyclic) bond motifs is 1. The molecule has 4 rings (SSSR count). The number of ether oxygens (including phenoxy) is 2. The lowest BCUT2D eigenvalue weighted by Crippen LogP contribution is -2.22. The van der Waals surface area contributed by atoms with E-state index in [0.717, 1.165) is 22.2 Å². The second-order valence-electron chi connectivity index (χ2n) is 6.15. The van der Waals surface area contributed by atoms with E-state index in [2.05, 4.69) is 15.3 Å². The molecule has 0 fully saturated rings. The molecule has 0 atom stereocenters. The van der Waals surface area contributed by atoms with Gasteiger partial charge in [-0.3, -0.25) is 14.9 Å². The fourth-order valence-corrected chi connectivity index (χ4v) is 3.08. The molecule has 2 N–H and O–H groups in total. The zero-order valence-corrected chi connectivity index (χ0v) is 15.3. The van der Waals surface area contributed by atoms with Crippen molar-refractivity contribution in [3.05, 3.63) is 65.5 Å². The van der Waals surface area contributed by atoms with Crippen molar-refractivity contribution in [2.24, 2.45) is 4.99 Å². The molecule has 28 heavy (non-hydrogen) atoms. The number of H-pyrrole nitrogens is 1. The summed E-state index contributed by atoms with van der Waals surface area (Å²) in [6.07, 6.45) is 3.24. The highest BCUT2D eigenvalue weighted by Gasteiger charge is 2.32. The summed E-state index contributed by atoms with van der Waals surface area (Å²) in [5.41, 5.74) is 2.51. The molecule has 7 nitrogen and oxygen atoms in total. The molecule has 0 radical (unpaired) electrons. The van der Waals surface area contributed by atoms with E-state index in [1.165, 1.54) is 0 Å². The van der Waals surface area contributed by atoms with Gasteiger partial charge in [0.15, 0.2) is 0 Å². The molecule has 2 aromatic carbocycles. The van der Waals surface area contributed by atoms with Gasteiger partial charge >= 0.3 is 0 Å². The van der Waals surface area contributed by atoms with Crippen LogP contribution in [0.3, 0.4) is 0 Å². The number of nitrogens with one attached hydrogen (secondary N) is 2. The lowest BCUT2D eigenvalue weighted by Gasteiger charge is -2.02. The third kappa shape index (κ3) is 3.03. The summed E-state index contributed by atoms with van der Waals surface area (Å²) in [5, 5.41) is 3.10. The Labute approximate surface area is 160 Å². The number of carbonyl (C=O) groups is 2. The van der Waals surface area contributed by atoms with Crippen molar-refractivity contribution >= 4 is 34.5 Å². The smallest absolute Gasteiger partial charge is 0.277 e. The minimum atomic E-state index is -0.526. The van der Waals surface area contributed by atoms with Gasteiger partial charge in [0.2, 0.25) is 0 Å². The first-order chi connectivity index (χ1) is 13.6. The average Bonchev–Trinajstić information content (AvgIpc) is 3.25. The van der Waals surface area contributed by atoms with E-state index >= 15 is 0 Å². The van der Waals surface area contributed by atoms with Crippen LogP contribution in [-0.2, 0) is 9.59 Å². The van der Waals surface area contributed by atoms with E-state index < -0.39 is 11.8 Å². The molecule has 0 saturated heterocycles. The second kappa shape index (κ2) is 7.03. The van der Waals surface area contributed by atoms with E-state index in [-0.39, 0.29) is 11.3 Å². The first-order valence-corrected chi connectivity index (χ1v) is 8.54. The lowest BCUT2D eigenvalue weighted by molar-refractivity contribution is -0.123. The monoisotopic (exact) mass is 375 g/mol. The number of methoxy groups -OCH3 is 2. The number of imide groups is 1. The first-order valence-electron chi connectivity index (χ1n) is 8.54. The molecule has 140 valence electrons. The summed E-state index contributed by atoms with van der Waals surface area (Å²) in [6.45, 7) is 0. The molecule has 1 aliphatic heterocycles. The number of amides is 2. The Morgan fingerprint density at radius 2 is 1.64 bits per heavy atom. The van der Waals surface area contributed by atoms with Crippen molar-refractivity contribution in [3.63, 3.8) is 0 Å². The Balaban J connectivity index is 1.80. The fourth-order valence-electron chi connectivity index (χ4n) is 3.08. The predicted octanol–water partition coefficient (Wildman–Crippen LogP) is 2.67. The molecule has 0 saturated carbocycles. The fraction of sp³-hybridized carbons (Fsp3) is 0.0952. The van der Waals surface area contributed by atoms with Gasteiger partial charge in [-0.05, 0) is 48.0 Å². The number of carbonyl (C=O) groups excluding carboxylic acids is 2. The Morgan fingerprint density at radius 1 is 0.929 bits per heavy atom. The van der Waals surface area contributed by atoms with Gasteiger partial charge in [-0.15, -0.1) is 0 Å². The molecular weight excluding hydrogens is 358 g/mol. The van der Waals surface area contributed by atoms with Gasteiger partial charge in [0.05, 0.1) is 19.8 Å². The van der Waals surface area contributed by atoms with Crippen molar-refractivity contribution in [1.82, 2.24) is 10.3 Å². The van der Waals surface area contributed by atoms with E-state index in [1.54, 1.807) is 38.8 Å². The van der Waals surface area contributed by atoms with Crippen molar-refractivity contribution < 1.29 is 19.1 Å². The predicted molar refractivity (Wildman–Crippen MR) is 106 cm³/mol. The van der Waals surface area contributed by atoms with Gasteiger partial charge in [0.1, 0.15) is 17.2 Å². The van der Waals surface area contributed by atoms with Crippen LogP contribution in [0.25, 0.3) is 16.5 Å². The molecule has 1 aliphatic rings. The van der Waals surface area contributed by atoms with E-state index in [9.17, 15) is 9.59 Å². The summed E-state index contributed by atoms with van der Waals surface area (Å²) < 4.78 is 10.4. The highest BCUT2D eigenvalue weighted by atomic mass is 16.5. The zero-order chi connectivity index (χ0) is 19.7. The van der Waals surface area contributed by atoms with Crippen LogP contribution in [0.5, 0.6) is 11.5 Å². The summed E-state index contributed by atoms with van der Waals surface area (Å²) in [7, 11) is 3.16. The van der Waals surface area contributed by atoms with Crippen molar-refractivity contribution in [2.75, 3.05) is 14.2 Å². The maximum absolute atomic E-state index is 12.5. The first kappa shape index (κ1) is 17.5. The van der Waals surface area contributed by atoms with Gasteiger partial charge in [-0.1, -0.05) is 0 Å². The standard InChI is InChI=1S/C21H17N3O4/c1-27-13-5-3-12(4-6-13)10-23-19-18(20(25)24-21(19)26)16-11-22-17-8-7-14(28-2)9-15(16)17/h3-11,22H,1-2H3,(H,24,25,26). The van der Waals surface area contributed by atoms with Crippen LogP contribution in [0, 0.1) is 0 Å². The number of aromatic amines is 1. The van der Waals surface area contributed by atoms with Crippen LogP contribution in [0.4, 0.5) is 0 Å². The van der Waals surface area contributed by atoms with Gasteiger partial charge in [-0.25, -0.2) is 4.99 Å². The van der Waals surface area contributed by atoms with Gasteiger partial charge in [0.25, 0.3) is 11.8 Å². The van der Waals surface area contributed by atoms with Crippen LogP contribution >= 0.6 is 0 Å². The average molecular weight is 375 g/mol. The van der Waals surface area contributed by atoms with Gasteiger partial charge in [0, 0.05) is 28.9 Å². The minimum Gasteiger partial charge on any atom is -0.497 e. The Kier molecular flexibility index (Phi) is 4.41. The molecule has 0 aliphatic carbocycles. The van der Waals surface area contributed by atoms with Crippen molar-refractivity contribution in [2.45, 2.75) is 0 Å². The van der Waals surface area contributed by atoms with E-state index in [1.807, 2.05) is 30.3 Å². The van der Waals surface area contributed by atoms with Gasteiger partial charge in [-0.2, -0.15) is 0 Å². The second-order valence-corrected chi connectivity index (χ2v) is 6.15. The SMILES string of the molecule is COc1ccc(C=NC2=C(c3c[nH]c4ccc(OC)cc34)C(=O)NC2=O)cc1. The van der Waals surface area contributed by atoms with Crippen LogP contribution in [-0.4, -0.2) is 37.2 Å². The zero-order valence-electron chi connectivity index (χ0n) is 15.3. The molecular formula is C21H17N3O4. The summed E-state index contributed by atoms with van der Waals surface area (Å²) in [4.78, 5) is 32.2. The summed E-state index contributed by atoms with van der Waals surface area (Å²) in [6, 6.07) is 12.7. The Bertz CT molecular complexity index is 1140. The molecule has 3 aromatic rings. The molecule has 0 bridgehead atoms. The third-order valence-corrected chi connectivity index (χ3v) is 4.52. The third-order valence-electron chi connectivity index (χ3n) is 4.52. The van der Waals surface area contributed by atoms with Gasteiger partial charge < -0.3 is 14.5 Å². The molecule has 0 spiro atoms. The maximum atomic E-state index is 12.5. The quantitative estimate of drug-likeness (QED) is 0.530. The molecule has 2 heterocycles. The van der Waals surface area contributed by atoms with E-state index in [4.69, 9.17) is 9.47 Å². The van der Waals surface area contributed by atoms with Crippen LogP contribution < -0.4 is 14.8 Å². The maximum Gasteiger partial charge on any atom is 0.277 e. The number of hydrogen-bond acceptors (Lipinski definition) is 5. The number of benzene rings is 2. The number of aromatic nitrogens is 1. The minimum absolute atomic E-state index is 0.0736. The molecule has 2 amide bonds. The van der Waals surface area contributed by atoms with Crippen molar-refractivity contribution in [3.8, 4) is 11.5 Å². The summed E-state index contributed by atoms with van der Waals surface area (Å²) in [5.74, 6) is 0.373. The van der Waals surface area contributed by atoms with Crippen molar-refractivity contribution in [1.29, 1.82) is 0 Å². The lowest BCUT2D eigenvalue weighted by atomic mass is 10.0. The number of rotatable bonds is 5. The number of nitrogens with zero attached hydrogens (tertiary/aromatic N) is 1. The number of aliphatic imine (C=N–C) groups is 1. The Morgan fingerprint density at radius 3 is 2.36 bits per heavy atom. The molecule has 0 unspecified atom stereocenters. The largest absolute Gasteiger partial charge is 0.497 e. The molecule has 1 aromatic heterocycles. The Hall–Kier alpha value is -3.87. The topological polar surface area (TPSA) is 92.8 Å². The number of hydrogen-bond donors (Lipinski definition) is 2. The highest BCUT2D eigenvalue weighted by molar-refractivity contribution is 6.37.